The largest absolute Gasteiger partial charge is 0.477 e. The number of aliphatic hydroxyl groups excluding tert-OH is 1. The van der Waals surface area contributed by atoms with E-state index in [1.807, 2.05) is 0 Å². The lowest BCUT2D eigenvalue weighted by molar-refractivity contribution is 0.229. The van der Waals surface area contributed by atoms with Gasteiger partial charge in [-0.25, -0.2) is 15.8 Å². The predicted octanol–water partition coefficient (Wildman–Crippen LogP) is -0.477. The van der Waals surface area contributed by atoms with Gasteiger partial charge in [0.05, 0.1) is 6.61 Å². The van der Waals surface area contributed by atoms with Gasteiger partial charge in [-0.2, -0.15) is 0 Å². The Balaban J connectivity index is 2.46. The molecule has 72 valence electrons. The van der Waals surface area contributed by atoms with Crippen LogP contribution in [0.2, 0.25) is 0 Å². The zero-order valence-electron chi connectivity index (χ0n) is 7.10. The van der Waals surface area contributed by atoms with Crippen LogP contribution >= 0.6 is 0 Å². The Morgan fingerprint density at radius 3 is 3.08 bits per heavy atom. The summed E-state index contributed by atoms with van der Waals surface area (Å²) in [6, 6.07) is 1.58. The van der Waals surface area contributed by atoms with E-state index < -0.39 is 0 Å². The molecule has 0 bridgehead atoms. The van der Waals surface area contributed by atoms with E-state index in [-0.39, 0.29) is 6.61 Å². The van der Waals surface area contributed by atoms with E-state index in [0.717, 1.165) is 0 Å². The Labute approximate surface area is 75.7 Å². The lowest BCUT2D eigenvalue weighted by Crippen LogP contribution is -2.09. The molecule has 0 radical (unpaired) electrons. The number of rotatable bonds is 5. The molecule has 0 amide bonds. The van der Waals surface area contributed by atoms with Crippen molar-refractivity contribution in [1.29, 1.82) is 0 Å². The molecule has 0 atom stereocenters. The van der Waals surface area contributed by atoms with Gasteiger partial charge in [-0.1, -0.05) is 0 Å². The first-order chi connectivity index (χ1) is 6.36. The molecule has 6 heteroatoms. The Morgan fingerprint density at radius 1 is 1.54 bits per heavy atom. The van der Waals surface area contributed by atoms with Crippen molar-refractivity contribution >= 4 is 5.82 Å². The third-order valence-corrected chi connectivity index (χ3v) is 1.34. The summed E-state index contributed by atoms with van der Waals surface area (Å²) in [6.45, 7) is 0.532. The van der Waals surface area contributed by atoms with Crippen LogP contribution in [0.3, 0.4) is 0 Å². The van der Waals surface area contributed by atoms with E-state index in [2.05, 4.69) is 15.4 Å². The molecular weight excluding hydrogens is 172 g/mol. The number of nitrogens with two attached hydrogens (primary N) is 1. The summed E-state index contributed by atoms with van der Waals surface area (Å²) in [5.74, 6) is 6.07. The molecular formula is C7H12N4O2. The molecule has 0 aliphatic rings. The van der Waals surface area contributed by atoms with Crippen LogP contribution in [0, 0.1) is 0 Å². The second-order valence-corrected chi connectivity index (χ2v) is 2.31. The minimum atomic E-state index is 0.104. The highest BCUT2D eigenvalue weighted by atomic mass is 16.5. The zero-order chi connectivity index (χ0) is 9.52. The maximum Gasteiger partial charge on any atom is 0.218 e. The van der Waals surface area contributed by atoms with Crippen LogP contribution in [0.25, 0.3) is 0 Å². The van der Waals surface area contributed by atoms with Crippen LogP contribution in [0.1, 0.15) is 6.42 Å². The minimum absolute atomic E-state index is 0.104. The van der Waals surface area contributed by atoms with E-state index in [1.165, 1.54) is 6.33 Å². The van der Waals surface area contributed by atoms with E-state index in [9.17, 15) is 0 Å². The Hall–Kier alpha value is -1.40. The molecule has 1 aromatic rings. The van der Waals surface area contributed by atoms with Gasteiger partial charge in [0.1, 0.15) is 12.1 Å². The number of nitrogen functional groups attached to an aromatic ring is 1. The van der Waals surface area contributed by atoms with Crippen molar-refractivity contribution in [2.24, 2.45) is 5.84 Å². The molecule has 4 N–H and O–H groups in total. The Morgan fingerprint density at radius 2 is 2.38 bits per heavy atom. The highest BCUT2D eigenvalue weighted by Crippen LogP contribution is 2.09. The summed E-state index contributed by atoms with van der Waals surface area (Å²) >= 11 is 0. The summed E-state index contributed by atoms with van der Waals surface area (Å²) in [7, 11) is 0. The number of ether oxygens (including phenoxy) is 1. The first-order valence-electron chi connectivity index (χ1n) is 3.89. The smallest absolute Gasteiger partial charge is 0.218 e. The Bertz CT molecular complexity index is 256. The molecule has 0 spiro atoms. The zero-order valence-corrected chi connectivity index (χ0v) is 7.10. The van der Waals surface area contributed by atoms with Crippen LogP contribution in [0.15, 0.2) is 12.4 Å². The van der Waals surface area contributed by atoms with E-state index >= 15 is 0 Å². The molecule has 0 saturated heterocycles. The standard InChI is InChI=1S/C7H12N4O2/c8-11-6-4-7(10-5-9-6)13-3-1-2-12/h4-5,12H,1-3,8H2,(H,9,10,11). The molecule has 13 heavy (non-hydrogen) atoms. The molecule has 1 rings (SSSR count). The fourth-order valence-electron chi connectivity index (χ4n) is 0.739. The average Bonchev–Trinajstić information content (AvgIpc) is 2.19. The molecule has 0 fully saturated rings. The van der Waals surface area contributed by atoms with Crippen LogP contribution in [-0.4, -0.2) is 28.3 Å². The molecule has 1 heterocycles. The van der Waals surface area contributed by atoms with E-state index in [0.29, 0.717) is 24.7 Å². The first kappa shape index (κ1) is 9.69. The van der Waals surface area contributed by atoms with Crippen molar-refractivity contribution in [1.82, 2.24) is 9.97 Å². The predicted molar refractivity (Wildman–Crippen MR) is 47.0 cm³/mol. The second kappa shape index (κ2) is 5.28. The van der Waals surface area contributed by atoms with Gasteiger partial charge in [0, 0.05) is 19.1 Å². The van der Waals surface area contributed by atoms with Crippen molar-refractivity contribution in [3.05, 3.63) is 12.4 Å². The molecule has 0 unspecified atom stereocenters. The third kappa shape index (κ3) is 3.22. The molecule has 6 nitrogen and oxygen atoms in total. The number of aliphatic hydroxyl groups is 1. The van der Waals surface area contributed by atoms with Gasteiger partial charge < -0.3 is 15.3 Å². The number of nitrogens with one attached hydrogen (secondary N) is 1. The highest BCUT2D eigenvalue weighted by molar-refractivity contribution is 5.35. The molecule has 0 saturated carbocycles. The maximum atomic E-state index is 8.50. The van der Waals surface area contributed by atoms with Gasteiger partial charge in [-0.15, -0.1) is 0 Å². The van der Waals surface area contributed by atoms with Crippen molar-refractivity contribution in [2.75, 3.05) is 18.6 Å². The average molecular weight is 184 g/mol. The highest BCUT2D eigenvalue weighted by Gasteiger charge is 1.97. The lowest BCUT2D eigenvalue weighted by Gasteiger charge is -2.04. The summed E-state index contributed by atoms with van der Waals surface area (Å²) in [6.07, 6.45) is 1.93. The summed E-state index contributed by atoms with van der Waals surface area (Å²) in [5, 5.41) is 8.50. The van der Waals surface area contributed by atoms with Gasteiger partial charge in [0.2, 0.25) is 5.88 Å². The van der Waals surface area contributed by atoms with Crippen molar-refractivity contribution in [3.63, 3.8) is 0 Å². The van der Waals surface area contributed by atoms with Crippen LogP contribution in [-0.2, 0) is 0 Å². The SMILES string of the molecule is NNc1cc(OCCCO)ncn1. The molecule has 0 aliphatic carbocycles. The lowest BCUT2D eigenvalue weighted by atomic mass is 10.5. The number of hydrazine groups is 1. The number of anilines is 1. The summed E-state index contributed by atoms with van der Waals surface area (Å²) in [4.78, 5) is 7.66. The van der Waals surface area contributed by atoms with Crippen molar-refractivity contribution in [3.8, 4) is 5.88 Å². The first-order valence-corrected chi connectivity index (χ1v) is 3.89. The molecule has 0 aliphatic heterocycles. The summed E-state index contributed by atoms with van der Waals surface area (Å²) < 4.78 is 5.18. The monoisotopic (exact) mass is 184 g/mol. The fraction of sp³-hybridized carbons (Fsp3) is 0.429. The maximum absolute atomic E-state index is 8.50. The number of aromatic nitrogens is 2. The molecule has 1 aromatic heterocycles. The third-order valence-electron chi connectivity index (χ3n) is 1.34. The topological polar surface area (TPSA) is 93.3 Å². The number of hydrogen-bond acceptors (Lipinski definition) is 6. The number of hydrogen-bond donors (Lipinski definition) is 3. The van der Waals surface area contributed by atoms with Crippen LogP contribution in [0.5, 0.6) is 5.88 Å². The number of nitrogens with zero attached hydrogens (tertiary/aromatic N) is 2. The normalized spacial score (nSPS) is 9.69. The van der Waals surface area contributed by atoms with Crippen LogP contribution < -0.4 is 16.0 Å². The Kier molecular flexibility index (Phi) is 3.94. The van der Waals surface area contributed by atoms with Gasteiger partial charge in [-0.3, -0.25) is 0 Å². The van der Waals surface area contributed by atoms with Crippen molar-refractivity contribution in [2.45, 2.75) is 6.42 Å². The van der Waals surface area contributed by atoms with Gasteiger partial charge in [0.15, 0.2) is 0 Å². The van der Waals surface area contributed by atoms with Gasteiger partial charge >= 0.3 is 0 Å². The van der Waals surface area contributed by atoms with E-state index in [4.69, 9.17) is 15.7 Å². The minimum Gasteiger partial charge on any atom is -0.477 e. The second-order valence-electron chi connectivity index (χ2n) is 2.31. The molecule has 0 aromatic carbocycles. The summed E-state index contributed by atoms with van der Waals surface area (Å²) in [5.41, 5.74) is 2.38. The van der Waals surface area contributed by atoms with Gasteiger partial charge in [0.25, 0.3) is 0 Å². The van der Waals surface area contributed by atoms with Crippen molar-refractivity contribution < 1.29 is 9.84 Å². The quantitative estimate of drug-likeness (QED) is 0.325. The van der Waals surface area contributed by atoms with E-state index in [1.54, 1.807) is 6.07 Å². The fourth-order valence-corrected chi connectivity index (χ4v) is 0.739. The van der Waals surface area contributed by atoms with Crippen LogP contribution in [0.4, 0.5) is 5.82 Å². The van der Waals surface area contributed by atoms with Gasteiger partial charge in [-0.05, 0) is 0 Å².